The van der Waals surface area contributed by atoms with Crippen LogP contribution < -0.4 is 10.1 Å². The SMILES string of the molecule is COc1c2ccc(C(=O)Nc3nc4ccc(Cl)cc4s3)cc2nn1C. The average Bonchev–Trinajstić information content (AvgIpc) is 3.12. The van der Waals surface area contributed by atoms with Gasteiger partial charge in [-0.15, -0.1) is 0 Å². The highest BCUT2D eigenvalue weighted by molar-refractivity contribution is 7.22. The highest BCUT2D eigenvalue weighted by Crippen LogP contribution is 2.29. The molecule has 1 N–H and O–H groups in total. The van der Waals surface area contributed by atoms with Gasteiger partial charge in [-0.25, -0.2) is 9.67 Å². The summed E-state index contributed by atoms with van der Waals surface area (Å²) in [6.45, 7) is 0. The molecule has 0 saturated carbocycles. The minimum absolute atomic E-state index is 0.239. The van der Waals surface area contributed by atoms with Crippen LogP contribution in [0, 0.1) is 0 Å². The first kappa shape index (κ1) is 15.9. The van der Waals surface area contributed by atoms with Gasteiger partial charge in [-0.2, -0.15) is 5.10 Å². The molecule has 126 valence electrons. The summed E-state index contributed by atoms with van der Waals surface area (Å²) < 4.78 is 7.88. The van der Waals surface area contributed by atoms with Crippen molar-refractivity contribution in [2.45, 2.75) is 0 Å². The number of fused-ring (bicyclic) bond motifs is 2. The third-order valence-corrected chi connectivity index (χ3v) is 4.97. The number of thiazole rings is 1. The monoisotopic (exact) mass is 372 g/mol. The summed E-state index contributed by atoms with van der Waals surface area (Å²) in [5, 5.41) is 9.22. The fraction of sp³-hybridized carbons (Fsp3) is 0.118. The lowest BCUT2D eigenvalue weighted by atomic mass is 10.1. The number of aromatic nitrogens is 3. The van der Waals surface area contributed by atoms with Crippen molar-refractivity contribution in [1.82, 2.24) is 14.8 Å². The lowest BCUT2D eigenvalue weighted by Gasteiger charge is -2.02. The fourth-order valence-corrected chi connectivity index (χ4v) is 3.82. The maximum Gasteiger partial charge on any atom is 0.257 e. The Morgan fingerprint density at radius 1 is 1.24 bits per heavy atom. The molecule has 2 aromatic carbocycles. The van der Waals surface area contributed by atoms with Crippen LogP contribution in [-0.4, -0.2) is 27.8 Å². The van der Waals surface area contributed by atoms with E-state index < -0.39 is 0 Å². The van der Waals surface area contributed by atoms with Crippen LogP contribution in [0.3, 0.4) is 0 Å². The summed E-state index contributed by atoms with van der Waals surface area (Å²) in [7, 11) is 3.39. The van der Waals surface area contributed by atoms with Crippen LogP contribution >= 0.6 is 22.9 Å². The normalized spacial score (nSPS) is 11.2. The molecule has 25 heavy (non-hydrogen) atoms. The van der Waals surface area contributed by atoms with Crippen molar-refractivity contribution in [1.29, 1.82) is 0 Å². The zero-order valence-electron chi connectivity index (χ0n) is 13.4. The van der Waals surface area contributed by atoms with E-state index in [1.54, 1.807) is 37.0 Å². The van der Waals surface area contributed by atoms with E-state index in [4.69, 9.17) is 16.3 Å². The van der Waals surface area contributed by atoms with E-state index in [1.807, 2.05) is 18.2 Å². The van der Waals surface area contributed by atoms with Gasteiger partial charge in [0, 0.05) is 17.6 Å². The van der Waals surface area contributed by atoms with Gasteiger partial charge in [0.15, 0.2) is 5.13 Å². The number of nitrogens with zero attached hydrogens (tertiary/aromatic N) is 3. The number of aryl methyl sites for hydroxylation is 1. The van der Waals surface area contributed by atoms with Crippen LogP contribution in [0.2, 0.25) is 5.02 Å². The number of hydrogen-bond acceptors (Lipinski definition) is 5. The molecule has 2 aromatic heterocycles. The van der Waals surface area contributed by atoms with Crippen LogP contribution in [0.5, 0.6) is 5.88 Å². The van der Waals surface area contributed by atoms with E-state index in [-0.39, 0.29) is 5.91 Å². The van der Waals surface area contributed by atoms with E-state index in [9.17, 15) is 4.79 Å². The van der Waals surface area contributed by atoms with Gasteiger partial charge in [-0.05, 0) is 36.4 Å². The van der Waals surface area contributed by atoms with E-state index in [2.05, 4.69) is 15.4 Å². The zero-order chi connectivity index (χ0) is 17.6. The Morgan fingerprint density at radius 2 is 2.08 bits per heavy atom. The molecule has 0 aliphatic heterocycles. The number of amides is 1. The molecule has 0 aliphatic rings. The fourth-order valence-electron chi connectivity index (χ4n) is 2.68. The van der Waals surface area contributed by atoms with Crippen molar-refractivity contribution in [3.05, 3.63) is 47.0 Å². The minimum atomic E-state index is -0.239. The van der Waals surface area contributed by atoms with Crippen molar-refractivity contribution in [3.8, 4) is 5.88 Å². The molecule has 8 heteroatoms. The summed E-state index contributed by atoms with van der Waals surface area (Å²) in [5.74, 6) is 0.418. The number of hydrogen-bond donors (Lipinski definition) is 1. The molecule has 0 unspecified atom stereocenters. The Morgan fingerprint density at radius 3 is 2.88 bits per heavy atom. The molecular formula is C17H13ClN4O2S. The molecule has 0 spiro atoms. The second-order valence-corrected chi connectivity index (χ2v) is 6.92. The molecular weight excluding hydrogens is 360 g/mol. The van der Waals surface area contributed by atoms with Crippen molar-refractivity contribution >= 4 is 55.1 Å². The molecule has 4 aromatic rings. The van der Waals surface area contributed by atoms with E-state index in [1.165, 1.54) is 11.3 Å². The first-order valence-electron chi connectivity index (χ1n) is 7.43. The van der Waals surface area contributed by atoms with Crippen LogP contribution in [-0.2, 0) is 7.05 Å². The zero-order valence-corrected chi connectivity index (χ0v) is 15.0. The van der Waals surface area contributed by atoms with Gasteiger partial charge in [-0.1, -0.05) is 22.9 Å². The van der Waals surface area contributed by atoms with Crippen LogP contribution in [0.4, 0.5) is 5.13 Å². The van der Waals surface area contributed by atoms with Gasteiger partial charge in [0.25, 0.3) is 5.91 Å². The number of nitrogens with one attached hydrogen (secondary N) is 1. The predicted octanol–water partition coefficient (Wildman–Crippen LogP) is 4.10. The second kappa shape index (κ2) is 6.02. The summed E-state index contributed by atoms with van der Waals surface area (Å²) >= 11 is 7.37. The smallest absolute Gasteiger partial charge is 0.257 e. The van der Waals surface area contributed by atoms with E-state index >= 15 is 0 Å². The molecule has 1 amide bonds. The number of ether oxygens (including phenoxy) is 1. The van der Waals surface area contributed by atoms with Gasteiger partial charge < -0.3 is 4.74 Å². The van der Waals surface area contributed by atoms with E-state index in [0.29, 0.717) is 27.1 Å². The molecule has 4 rings (SSSR count). The standard InChI is InChI=1S/C17H13ClN4O2S/c1-22-16(24-2)11-5-3-9(7-13(11)21-22)15(23)20-17-19-12-6-4-10(18)8-14(12)25-17/h3-8H,1-2H3,(H,19,20,23). The molecule has 2 heterocycles. The van der Waals surface area contributed by atoms with Crippen molar-refractivity contribution in [2.24, 2.45) is 7.05 Å². The highest BCUT2D eigenvalue weighted by atomic mass is 35.5. The summed E-state index contributed by atoms with van der Waals surface area (Å²) in [5.41, 5.74) is 2.00. The highest BCUT2D eigenvalue weighted by Gasteiger charge is 2.14. The third kappa shape index (κ3) is 2.81. The Hall–Kier alpha value is -2.64. The number of carbonyl (C=O) groups is 1. The van der Waals surface area contributed by atoms with Gasteiger partial charge in [-0.3, -0.25) is 10.1 Å². The Kier molecular flexibility index (Phi) is 3.82. The largest absolute Gasteiger partial charge is 0.481 e. The number of anilines is 1. The Bertz CT molecular complexity index is 1120. The molecule has 0 bridgehead atoms. The van der Waals surface area contributed by atoms with Crippen molar-refractivity contribution < 1.29 is 9.53 Å². The quantitative estimate of drug-likeness (QED) is 0.588. The van der Waals surface area contributed by atoms with E-state index in [0.717, 1.165) is 15.6 Å². The van der Waals surface area contributed by atoms with Gasteiger partial charge in [0.05, 0.1) is 28.2 Å². The number of methoxy groups -OCH3 is 1. The lowest BCUT2D eigenvalue weighted by molar-refractivity contribution is 0.102. The van der Waals surface area contributed by atoms with Crippen LogP contribution in [0.1, 0.15) is 10.4 Å². The van der Waals surface area contributed by atoms with Crippen LogP contribution in [0.15, 0.2) is 36.4 Å². The van der Waals surface area contributed by atoms with Crippen LogP contribution in [0.25, 0.3) is 21.1 Å². The molecule has 6 nitrogen and oxygen atoms in total. The molecule has 0 saturated heterocycles. The average molecular weight is 373 g/mol. The third-order valence-electron chi connectivity index (χ3n) is 3.81. The number of benzene rings is 2. The number of halogens is 1. The van der Waals surface area contributed by atoms with Gasteiger partial charge >= 0.3 is 0 Å². The number of carbonyl (C=O) groups excluding carboxylic acids is 1. The number of rotatable bonds is 3. The van der Waals surface area contributed by atoms with Gasteiger partial charge in [0.2, 0.25) is 5.88 Å². The predicted molar refractivity (Wildman–Crippen MR) is 99.8 cm³/mol. The molecule has 0 radical (unpaired) electrons. The molecule has 0 fully saturated rings. The van der Waals surface area contributed by atoms with Gasteiger partial charge in [0.1, 0.15) is 0 Å². The molecule has 0 aliphatic carbocycles. The summed E-state index contributed by atoms with van der Waals surface area (Å²) in [4.78, 5) is 16.9. The second-order valence-electron chi connectivity index (χ2n) is 5.45. The minimum Gasteiger partial charge on any atom is -0.481 e. The Labute approximate surface area is 152 Å². The lowest BCUT2D eigenvalue weighted by Crippen LogP contribution is -2.11. The summed E-state index contributed by atoms with van der Waals surface area (Å²) in [6, 6.07) is 10.7. The molecule has 0 atom stereocenters. The maximum atomic E-state index is 12.5. The topological polar surface area (TPSA) is 69.0 Å². The summed E-state index contributed by atoms with van der Waals surface area (Å²) in [6.07, 6.45) is 0. The first-order chi connectivity index (χ1) is 12.0. The van der Waals surface area contributed by atoms with Crippen molar-refractivity contribution in [2.75, 3.05) is 12.4 Å². The Balaban J connectivity index is 1.64. The maximum absolute atomic E-state index is 12.5. The first-order valence-corrected chi connectivity index (χ1v) is 8.63. The van der Waals surface area contributed by atoms with Crippen molar-refractivity contribution in [3.63, 3.8) is 0 Å².